The molecule has 19 heavy (non-hydrogen) atoms. The van der Waals surface area contributed by atoms with Gasteiger partial charge in [0.15, 0.2) is 0 Å². The fourth-order valence-electron chi connectivity index (χ4n) is 2.20. The lowest BCUT2D eigenvalue weighted by Crippen LogP contribution is -2.11. The lowest BCUT2D eigenvalue weighted by molar-refractivity contribution is 0.0967. The molecule has 3 rings (SSSR count). The van der Waals surface area contributed by atoms with Crippen LogP contribution >= 0.6 is 22.9 Å². The number of thiophene rings is 1. The minimum absolute atomic E-state index is 0.0741. The van der Waals surface area contributed by atoms with E-state index in [1.807, 2.05) is 31.2 Å². The number of rotatable bonds is 1. The first-order valence-corrected chi connectivity index (χ1v) is 6.94. The highest BCUT2D eigenvalue weighted by Crippen LogP contribution is 2.28. The molecule has 0 atom stereocenters. The van der Waals surface area contributed by atoms with E-state index < -0.39 is 0 Å². The van der Waals surface area contributed by atoms with Crippen LogP contribution in [0, 0.1) is 6.92 Å². The number of aryl methyl sites for hydroxylation is 1. The molecule has 0 fully saturated rings. The van der Waals surface area contributed by atoms with E-state index in [1.165, 1.54) is 11.3 Å². The maximum Gasteiger partial charge on any atom is 0.272 e. The highest BCUT2D eigenvalue weighted by Gasteiger charge is 2.17. The fraction of sp³-hybridized carbons (Fsp3) is 0.0714. The number of fused-ring (bicyclic) bond motifs is 1. The van der Waals surface area contributed by atoms with Crippen LogP contribution in [0.1, 0.15) is 15.4 Å². The molecule has 2 aromatic heterocycles. The Balaban J connectivity index is 2.23. The van der Waals surface area contributed by atoms with Crippen LogP contribution in [0.25, 0.3) is 10.9 Å². The van der Waals surface area contributed by atoms with Crippen LogP contribution in [0.5, 0.6) is 0 Å². The summed E-state index contributed by atoms with van der Waals surface area (Å²) >= 11 is 7.17. The Hall–Kier alpha value is -1.78. The number of nitrogens with zero attached hydrogens (tertiary/aromatic N) is 1. The monoisotopic (exact) mass is 290 g/mol. The zero-order valence-electron chi connectivity index (χ0n) is 10.2. The van der Waals surface area contributed by atoms with Crippen LogP contribution in [0.3, 0.4) is 0 Å². The number of hydrogen-bond donors (Lipinski definition) is 1. The minimum atomic E-state index is -0.0741. The molecule has 0 aliphatic rings. The van der Waals surface area contributed by atoms with Gasteiger partial charge < -0.3 is 5.73 Å². The molecule has 0 spiro atoms. The summed E-state index contributed by atoms with van der Waals surface area (Å²) in [7, 11) is 0. The van der Waals surface area contributed by atoms with Gasteiger partial charge in [-0.2, -0.15) is 0 Å². The van der Waals surface area contributed by atoms with E-state index in [1.54, 1.807) is 16.7 Å². The van der Waals surface area contributed by atoms with Gasteiger partial charge in [0, 0.05) is 16.8 Å². The van der Waals surface area contributed by atoms with Gasteiger partial charge in [0.05, 0.1) is 14.7 Å². The Bertz CT molecular complexity index is 788. The molecule has 0 amide bonds. The summed E-state index contributed by atoms with van der Waals surface area (Å²) in [5.74, 6) is -0.0741. The lowest BCUT2D eigenvalue weighted by atomic mass is 10.2. The van der Waals surface area contributed by atoms with Gasteiger partial charge in [0.2, 0.25) is 0 Å². The quantitative estimate of drug-likeness (QED) is 0.690. The normalized spacial score (nSPS) is 11.1. The molecule has 5 heteroatoms. The molecule has 0 unspecified atom stereocenters. The van der Waals surface area contributed by atoms with Crippen LogP contribution in [-0.2, 0) is 0 Å². The van der Waals surface area contributed by atoms with E-state index in [0.717, 1.165) is 16.6 Å². The van der Waals surface area contributed by atoms with Crippen LogP contribution in [0.15, 0.2) is 36.4 Å². The second-order valence-electron chi connectivity index (χ2n) is 4.31. The molecule has 96 valence electrons. The van der Waals surface area contributed by atoms with Crippen molar-refractivity contribution in [1.29, 1.82) is 0 Å². The summed E-state index contributed by atoms with van der Waals surface area (Å²) in [6.45, 7) is 1.90. The van der Waals surface area contributed by atoms with Crippen LogP contribution in [-0.4, -0.2) is 10.5 Å². The maximum atomic E-state index is 12.5. The summed E-state index contributed by atoms with van der Waals surface area (Å²) < 4.78 is 2.28. The van der Waals surface area contributed by atoms with Gasteiger partial charge in [-0.1, -0.05) is 17.7 Å². The van der Waals surface area contributed by atoms with Crippen molar-refractivity contribution in [2.45, 2.75) is 6.92 Å². The average Bonchev–Trinajstić information content (AvgIpc) is 2.93. The Labute approximate surface area is 119 Å². The van der Waals surface area contributed by atoms with Crippen molar-refractivity contribution in [3.8, 4) is 0 Å². The first-order valence-electron chi connectivity index (χ1n) is 5.74. The highest BCUT2D eigenvalue weighted by atomic mass is 35.5. The van der Waals surface area contributed by atoms with Crippen molar-refractivity contribution in [1.82, 2.24) is 4.57 Å². The summed E-state index contributed by atoms with van der Waals surface area (Å²) in [4.78, 5) is 13.2. The predicted molar refractivity (Wildman–Crippen MR) is 80.1 cm³/mol. The Morgan fingerprint density at radius 3 is 2.79 bits per heavy atom. The number of carbonyl (C=O) groups excluding carboxylic acids is 1. The van der Waals surface area contributed by atoms with Crippen molar-refractivity contribution in [2.24, 2.45) is 0 Å². The van der Waals surface area contributed by atoms with Gasteiger partial charge in [0.25, 0.3) is 5.91 Å². The third kappa shape index (κ3) is 1.93. The largest absolute Gasteiger partial charge is 0.398 e. The first kappa shape index (κ1) is 12.3. The smallest absolute Gasteiger partial charge is 0.272 e. The number of aromatic nitrogens is 1. The van der Waals surface area contributed by atoms with Crippen LogP contribution in [0.2, 0.25) is 4.34 Å². The molecule has 0 radical (unpaired) electrons. The number of anilines is 1. The van der Waals surface area contributed by atoms with Crippen molar-refractivity contribution >= 4 is 45.4 Å². The van der Waals surface area contributed by atoms with E-state index in [-0.39, 0.29) is 5.91 Å². The molecule has 0 bridgehead atoms. The molecule has 0 aliphatic carbocycles. The number of halogens is 1. The summed E-state index contributed by atoms with van der Waals surface area (Å²) in [6, 6.07) is 11.0. The third-order valence-corrected chi connectivity index (χ3v) is 4.27. The third-order valence-electron chi connectivity index (χ3n) is 3.05. The predicted octanol–water partition coefficient (Wildman–Crippen LogP) is 3.94. The molecular weight excluding hydrogens is 280 g/mol. The second kappa shape index (κ2) is 4.40. The molecule has 3 aromatic rings. The average molecular weight is 291 g/mol. The maximum absolute atomic E-state index is 12.5. The molecule has 0 saturated heterocycles. The van der Waals surface area contributed by atoms with Gasteiger partial charge in [0.1, 0.15) is 0 Å². The molecule has 0 saturated carbocycles. The molecule has 3 nitrogen and oxygen atoms in total. The zero-order chi connectivity index (χ0) is 13.6. The topological polar surface area (TPSA) is 48.0 Å². The van der Waals surface area contributed by atoms with Gasteiger partial charge in [-0.25, -0.2) is 0 Å². The number of benzene rings is 1. The fourth-order valence-corrected chi connectivity index (χ4v) is 3.17. The Morgan fingerprint density at radius 1 is 1.32 bits per heavy atom. The highest BCUT2D eigenvalue weighted by molar-refractivity contribution is 7.18. The van der Waals surface area contributed by atoms with E-state index in [0.29, 0.717) is 14.9 Å². The molecule has 2 heterocycles. The van der Waals surface area contributed by atoms with Crippen molar-refractivity contribution in [3.63, 3.8) is 0 Å². The van der Waals surface area contributed by atoms with E-state index in [9.17, 15) is 4.79 Å². The number of nitrogens with two attached hydrogens (primary N) is 1. The number of hydrogen-bond acceptors (Lipinski definition) is 3. The van der Waals surface area contributed by atoms with Crippen molar-refractivity contribution < 1.29 is 4.79 Å². The standard InChI is InChI=1S/C14H11ClN2OS/c1-8-7-9-10(16)3-2-4-11(9)17(8)14(18)12-5-6-13(15)19-12/h2-7H,16H2,1H3. The summed E-state index contributed by atoms with van der Waals surface area (Å²) in [5.41, 5.74) is 8.30. The molecule has 0 aliphatic heterocycles. The SMILES string of the molecule is Cc1cc2c(N)cccc2n1C(=O)c1ccc(Cl)s1. The molecular formula is C14H11ClN2OS. The van der Waals surface area contributed by atoms with E-state index in [4.69, 9.17) is 17.3 Å². The van der Waals surface area contributed by atoms with Crippen LogP contribution in [0.4, 0.5) is 5.69 Å². The van der Waals surface area contributed by atoms with E-state index in [2.05, 4.69) is 0 Å². The van der Waals surface area contributed by atoms with E-state index >= 15 is 0 Å². The van der Waals surface area contributed by atoms with Crippen molar-refractivity contribution in [2.75, 3.05) is 5.73 Å². The lowest BCUT2D eigenvalue weighted by Gasteiger charge is -2.05. The van der Waals surface area contributed by atoms with Gasteiger partial charge >= 0.3 is 0 Å². The number of nitrogen functional groups attached to an aromatic ring is 1. The summed E-state index contributed by atoms with van der Waals surface area (Å²) in [5, 5.41) is 0.899. The zero-order valence-corrected chi connectivity index (χ0v) is 11.8. The second-order valence-corrected chi connectivity index (χ2v) is 6.03. The van der Waals surface area contributed by atoms with Gasteiger partial charge in [-0.05, 0) is 37.3 Å². The van der Waals surface area contributed by atoms with Gasteiger partial charge in [-0.3, -0.25) is 9.36 Å². The van der Waals surface area contributed by atoms with Crippen molar-refractivity contribution in [3.05, 3.63) is 51.3 Å². The Kier molecular flexibility index (Phi) is 2.84. The first-order chi connectivity index (χ1) is 9.08. The Morgan fingerprint density at radius 2 is 2.11 bits per heavy atom. The summed E-state index contributed by atoms with van der Waals surface area (Å²) in [6.07, 6.45) is 0. The number of carbonyl (C=O) groups is 1. The van der Waals surface area contributed by atoms with Gasteiger partial charge in [-0.15, -0.1) is 11.3 Å². The van der Waals surface area contributed by atoms with Crippen LogP contribution < -0.4 is 5.73 Å². The minimum Gasteiger partial charge on any atom is -0.398 e. The molecule has 2 N–H and O–H groups in total. The molecule has 1 aromatic carbocycles.